The van der Waals surface area contributed by atoms with Crippen LogP contribution in [0, 0.1) is 23.7 Å². The molecule has 2 saturated carbocycles. The minimum Gasteiger partial charge on any atom is -0.487 e. The molecule has 256 valence electrons. The molecule has 0 radical (unpaired) electrons. The average molecular weight is 631 g/mol. The lowest BCUT2D eigenvalue weighted by atomic mass is 9.64. The highest BCUT2D eigenvalue weighted by molar-refractivity contribution is 5.61. The van der Waals surface area contributed by atoms with Gasteiger partial charge in [0.05, 0.1) is 0 Å². The fraction of sp³-hybridized carbons (Fsp3) is 0.714. The predicted molar refractivity (Wildman–Crippen MR) is 196 cm³/mol. The summed E-state index contributed by atoms with van der Waals surface area (Å²) in [4.78, 5) is 0. The number of hydrogen-bond acceptors (Lipinski definition) is 4. The Bertz CT molecular complexity index is 1230. The first-order valence-electron chi connectivity index (χ1n) is 19.1. The van der Waals surface area contributed by atoms with Gasteiger partial charge in [0.1, 0.15) is 22.7 Å². The van der Waals surface area contributed by atoms with Gasteiger partial charge in [0, 0.05) is 34.3 Å². The van der Waals surface area contributed by atoms with Gasteiger partial charge in [-0.3, -0.25) is 0 Å². The molecule has 4 nitrogen and oxygen atoms in total. The third-order valence-corrected chi connectivity index (χ3v) is 12.1. The maximum Gasteiger partial charge on any atom is 0.125 e. The summed E-state index contributed by atoms with van der Waals surface area (Å²) in [6, 6.07) is 8.98. The molecule has 46 heavy (non-hydrogen) atoms. The predicted octanol–water partition coefficient (Wildman–Crippen LogP) is 11.4. The van der Waals surface area contributed by atoms with Crippen molar-refractivity contribution in [2.45, 2.75) is 168 Å². The van der Waals surface area contributed by atoms with Crippen molar-refractivity contribution in [1.29, 1.82) is 0 Å². The van der Waals surface area contributed by atoms with Crippen LogP contribution in [0.2, 0.25) is 0 Å². The molecular weight excluding hydrogens is 564 g/mol. The largest absolute Gasteiger partial charge is 0.487 e. The molecule has 4 heteroatoms. The molecule has 0 spiro atoms. The van der Waals surface area contributed by atoms with Crippen LogP contribution in [0.1, 0.15) is 167 Å². The van der Waals surface area contributed by atoms with Crippen molar-refractivity contribution in [3.8, 4) is 11.5 Å². The molecule has 0 bridgehead atoms. The van der Waals surface area contributed by atoms with E-state index in [1.54, 1.807) is 0 Å². The molecule has 0 unspecified atom stereocenters. The highest BCUT2D eigenvalue weighted by atomic mass is 16.5. The molecule has 2 heterocycles. The second kappa shape index (κ2) is 14.4. The van der Waals surface area contributed by atoms with Gasteiger partial charge in [-0.2, -0.15) is 0 Å². The van der Waals surface area contributed by atoms with Crippen molar-refractivity contribution in [3.05, 3.63) is 46.5 Å². The molecule has 0 aromatic heterocycles. The maximum absolute atomic E-state index is 6.51. The Morgan fingerprint density at radius 3 is 1.37 bits per heavy atom. The van der Waals surface area contributed by atoms with Crippen LogP contribution in [-0.2, 0) is 12.8 Å². The van der Waals surface area contributed by atoms with Gasteiger partial charge in [-0.1, -0.05) is 66.2 Å². The Hall–Kier alpha value is -2.36. The molecule has 2 aliphatic carbocycles. The van der Waals surface area contributed by atoms with Crippen molar-refractivity contribution in [2.75, 3.05) is 11.5 Å². The number of anilines is 2. The summed E-state index contributed by atoms with van der Waals surface area (Å²) < 4.78 is 12.9. The van der Waals surface area contributed by atoms with Gasteiger partial charge in [0.25, 0.3) is 0 Å². The molecular formula is C42H66N2O2. The zero-order valence-corrected chi connectivity index (χ0v) is 30.6. The van der Waals surface area contributed by atoms with Crippen molar-refractivity contribution in [2.24, 2.45) is 23.7 Å². The zero-order chi connectivity index (χ0) is 33.2. The van der Waals surface area contributed by atoms with E-state index in [9.17, 15) is 0 Å². The number of nitrogens with two attached hydrogens (primary N) is 2. The molecule has 6 atom stereocenters. The third-order valence-electron chi connectivity index (χ3n) is 12.1. The van der Waals surface area contributed by atoms with Crippen LogP contribution < -0.4 is 20.9 Å². The summed E-state index contributed by atoms with van der Waals surface area (Å²) in [5, 5.41) is 0. The lowest BCUT2D eigenvalue weighted by molar-refractivity contribution is -0.0136. The van der Waals surface area contributed by atoms with Gasteiger partial charge in [0.15, 0.2) is 0 Å². The van der Waals surface area contributed by atoms with Crippen LogP contribution in [0.25, 0.3) is 0 Å². The summed E-state index contributed by atoms with van der Waals surface area (Å²) in [6.07, 6.45) is 17.4. The van der Waals surface area contributed by atoms with Gasteiger partial charge >= 0.3 is 0 Å². The monoisotopic (exact) mass is 631 g/mol. The van der Waals surface area contributed by atoms with Crippen LogP contribution in [0.4, 0.5) is 11.4 Å². The second-order valence-corrected chi connectivity index (χ2v) is 16.8. The van der Waals surface area contributed by atoms with E-state index in [0.717, 1.165) is 47.6 Å². The molecule has 4 aliphatic rings. The van der Waals surface area contributed by atoms with Crippen LogP contribution in [0.5, 0.6) is 11.5 Å². The molecule has 4 N–H and O–H groups in total. The Kier molecular flexibility index (Phi) is 10.9. The summed E-state index contributed by atoms with van der Waals surface area (Å²) in [5.41, 5.74) is 20.1. The number of rotatable bonds is 8. The number of benzene rings is 2. The van der Waals surface area contributed by atoms with E-state index in [4.69, 9.17) is 20.9 Å². The molecule has 0 saturated heterocycles. The van der Waals surface area contributed by atoms with E-state index in [2.05, 4.69) is 79.7 Å². The quantitative estimate of drug-likeness (QED) is 0.225. The molecule has 6 rings (SSSR count). The summed E-state index contributed by atoms with van der Waals surface area (Å²) in [5.74, 6) is 6.06. The minimum absolute atomic E-state index is 0.0771. The SMILES string of the molecule is CCCCCc1cc(N)c2c(c1)OC(C)(C)[C@@H]1CC[C@@H](C)C[C@@H]21.CCCCCc1cc(N)c2c(c1)OC(C)(C)[C@@H]1CC[C@H](C)C[C@@H]21. The number of aryl methyl sites for hydroxylation is 2. The average Bonchev–Trinajstić information content (AvgIpc) is 2.96. The number of hydrogen-bond donors (Lipinski definition) is 2. The number of unbranched alkanes of at least 4 members (excludes halogenated alkanes) is 4. The van der Waals surface area contributed by atoms with Crippen molar-refractivity contribution in [3.63, 3.8) is 0 Å². The first-order chi connectivity index (χ1) is 21.8. The maximum atomic E-state index is 6.51. The van der Waals surface area contributed by atoms with E-state index in [1.165, 1.54) is 99.3 Å². The first-order valence-corrected chi connectivity index (χ1v) is 19.1. The Balaban J connectivity index is 0.000000181. The normalized spacial score (nSPS) is 28.6. The van der Waals surface area contributed by atoms with E-state index < -0.39 is 0 Å². The van der Waals surface area contributed by atoms with E-state index in [0.29, 0.717) is 23.7 Å². The highest BCUT2D eigenvalue weighted by Crippen LogP contribution is 2.56. The van der Waals surface area contributed by atoms with Gasteiger partial charge < -0.3 is 20.9 Å². The van der Waals surface area contributed by atoms with Crippen LogP contribution in [0.15, 0.2) is 24.3 Å². The molecule has 2 aliphatic heterocycles. The van der Waals surface area contributed by atoms with Crippen LogP contribution >= 0.6 is 0 Å². The Labute approximate surface area is 281 Å². The highest BCUT2D eigenvalue weighted by Gasteiger charge is 2.48. The smallest absolute Gasteiger partial charge is 0.125 e. The molecule has 2 aromatic rings. The molecule has 2 fully saturated rings. The van der Waals surface area contributed by atoms with Crippen LogP contribution in [-0.4, -0.2) is 11.2 Å². The molecule has 2 aromatic carbocycles. The van der Waals surface area contributed by atoms with Crippen molar-refractivity contribution < 1.29 is 9.47 Å². The number of ether oxygens (including phenoxy) is 2. The van der Waals surface area contributed by atoms with Gasteiger partial charge in [-0.05, 0) is 138 Å². The summed E-state index contributed by atoms with van der Waals surface area (Å²) >= 11 is 0. The molecule has 0 amide bonds. The summed E-state index contributed by atoms with van der Waals surface area (Å²) in [7, 11) is 0. The topological polar surface area (TPSA) is 70.5 Å². The second-order valence-electron chi connectivity index (χ2n) is 16.8. The van der Waals surface area contributed by atoms with E-state index >= 15 is 0 Å². The zero-order valence-electron chi connectivity index (χ0n) is 30.6. The lowest BCUT2D eigenvalue weighted by Gasteiger charge is -2.49. The fourth-order valence-corrected chi connectivity index (χ4v) is 9.61. The number of fused-ring (bicyclic) bond motifs is 6. The first kappa shape index (κ1) is 35.0. The van der Waals surface area contributed by atoms with Crippen molar-refractivity contribution >= 4 is 11.4 Å². The van der Waals surface area contributed by atoms with Gasteiger partial charge in [-0.15, -0.1) is 0 Å². The third kappa shape index (κ3) is 7.52. The Morgan fingerprint density at radius 2 is 1.00 bits per heavy atom. The van der Waals surface area contributed by atoms with E-state index in [1.807, 2.05) is 0 Å². The van der Waals surface area contributed by atoms with Crippen molar-refractivity contribution in [1.82, 2.24) is 0 Å². The fourth-order valence-electron chi connectivity index (χ4n) is 9.61. The summed E-state index contributed by atoms with van der Waals surface area (Å²) in [6.45, 7) is 18.3. The standard InChI is InChI=1S/2C21H33NO/c2*1-5-6-7-8-15-12-18(22)20-16-11-14(2)9-10-17(16)21(3,4)23-19(20)13-15/h2*12-14,16-17H,5-11,22H2,1-4H3/t14-,16+,17+;14-,16-,17-/m01/s1. The lowest BCUT2D eigenvalue weighted by Crippen LogP contribution is -2.46. The van der Waals surface area contributed by atoms with Gasteiger partial charge in [0.2, 0.25) is 0 Å². The van der Waals surface area contributed by atoms with E-state index in [-0.39, 0.29) is 11.2 Å². The Morgan fingerprint density at radius 1 is 0.609 bits per heavy atom. The van der Waals surface area contributed by atoms with Gasteiger partial charge in [-0.25, -0.2) is 0 Å². The number of nitrogen functional groups attached to an aromatic ring is 2. The van der Waals surface area contributed by atoms with Crippen LogP contribution in [0.3, 0.4) is 0 Å². The minimum atomic E-state index is -0.0771.